The number of benzene rings is 1. The third-order valence-corrected chi connectivity index (χ3v) is 2.82. The van der Waals surface area contributed by atoms with E-state index >= 15 is 0 Å². The summed E-state index contributed by atoms with van der Waals surface area (Å²) in [6.45, 7) is 0. The molecule has 0 aliphatic heterocycles. The van der Waals surface area contributed by atoms with Crippen molar-refractivity contribution in [3.8, 4) is 0 Å². The zero-order valence-corrected chi connectivity index (χ0v) is 8.47. The smallest absolute Gasteiger partial charge is 0.134 e. The summed E-state index contributed by atoms with van der Waals surface area (Å²) in [7, 11) is 0. The first-order valence-corrected chi connectivity index (χ1v) is 5.14. The highest BCUT2D eigenvalue weighted by Gasteiger charge is 2.27. The maximum absolute atomic E-state index is 13.6. The van der Waals surface area contributed by atoms with Gasteiger partial charge in [-0.3, -0.25) is 4.68 Å². The number of halogens is 1. The summed E-state index contributed by atoms with van der Waals surface area (Å²) in [5.74, 6) is -0.396. The lowest BCUT2D eigenvalue weighted by molar-refractivity contribution is 0.321. The zero-order valence-electron chi connectivity index (χ0n) is 8.47. The second-order valence-electron chi connectivity index (χ2n) is 3.96. The van der Waals surface area contributed by atoms with Crippen LogP contribution in [-0.4, -0.2) is 21.2 Å². The van der Waals surface area contributed by atoms with Crippen LogP contribution < -0.4 is 0 Å². The molecule has 0 bridgehead atoms. The summed E-state index contributed by atoms with van der Waals surface area (Å²) in [6.07, 6.45) is 4.98. The average molecular weight is 219 g/mol. The number of fused-ring (bicyclic) bond motifs is 1. The predicted octanol–water partition coefficient (Wildman–Crippen LogP) is 2.32. The van der Waals surface area contributed by atoms with Crippen molar-refractivity contribution in [1.82, 2.24) is 9.78 Å². The Morgan fingerprint density at radius 3 is 3.00 bits per heavy atom. The monoisotopic (exact) mass is 219 g/mol. The van der Waals surface area contributed by atoms with Crippen LogP contribution in [0.5, 0.6) is 0 Å². The van der Waals surface area contributed by atoms with E-state index in [4.69, 9.17) is 5.21 Å². The molecule has 1 aliphatic rings. The molecule has 0 unspecified atom stereocenters. The van der Waals surface area contributed by atoms with E-state index in [1.807, 2.05) is 4.68 Å². The molecule has 1 fully saturated rings. The first-order valence-electron chi connectivity index (χ1n) is 5.14. The molecule has 1 saturated carbocycles. The van der Waals surface area contributed by atoms with Crippen LogP contribution in [0.2, 0.25) is 0 Å². The molecular weight excluding hydrogens is 209 g/mol. The summed E-state index contributed by atoms with van der Waals surface area (Å²) in [5, 5.41) is 16.6. The van der Waals surface area contributed by atoms with E-state index in [1.54, 1.807) is 12.3 Å². The molecule has 0 amide bonds. The fraction of sp³-hybridized carbons (Fsp3) is 0.273. The van der Waals surface area contributed by atoms with Gasteiger partial charge in [0.25, 0.3) is 0 Å². The summed E-state index contributed by atoms with van der Waals surface area (Å²) in [5.41, 5.74) is 1.00. The van der Waals surface area contributed by atoms with Gasteiger partial charge in [0, 0.05) is 5.39 Å². The van der Waals surface area contributed by atoms with E-state index in [9.17, 15) is 4.39 Å². The van der Waals surface area contributed by atoms with E-state index in [2.05, 4.69) is 10.3 Å². The molecule has 1 N–H and O–H groups in total. The van der Waals surface area contributed by atoms with Gasteiger partial charge >= 0.3 is 0 Å². The number of rotatable bonds is 2. The summed E-state index contributed by atoms with van der Waals surface area (Å²) < 4.78 is 15.4. The fourth-order valence-electron chi connectivity index (χ4n) is 1.92. The van der Waals surface area contributed by atoms with Crippen molar-refractivity contribution in [3.63, 3.8) is 0 Å². The van der Waals surface area contributed by atoms with Crippen molar-refractivity contribution in [3.05, 3.63) is 29.7 Å². The van der Waals surface area contributed by atoms with E-state index < -0.39 is 5.82 Å². The fourth-order valence-corrected chi connectivity index (χ4v) is 1.92. The Kier molecular flexibility index (Phi) is 1.92. The molecule has 0 radical (unpaired) electrons. The lowest BCUT2D eigenvalue weighted by Gasteiger charge is -2.04. The first-order chi connectivity index (χ1) is 7.81. The minimum Gasteiger partial charge on any atom is -0.411 e. The summed E-state index contributed by atoms with van der Waals surface area (Å²) in [4.78, 5) is 0. The SMILES string of the molecule is ON=Cc1c(F)ccc2cnn(C3CC3)c12. The van der Waals surface area contributed by atoms with Crippen LogP contribution in [-0.2, 0) is 0 Å². The van der Waals surface area contributed by atoms with Gasteiger partial charge in [0.1, 0.15) is 5.82 Å². The van der Waals surface area contributed by atoms with E-state index in [-0.39, 0.29) is 0 Å². The van der Waals surface area contributed by atoms with Gasteiger partial charge in [0.15, 0.2) is 0 Å². The van der Waals surface area contributed by atoms with Crippen molar-refractivity contribution in [2.75, 3.05) is 0 Å². The minimum atomic E-state index is -0.396. The van der Waals surface area contributed by atoms with E-state index in [0.717, 1.165) is 24.4 Å². The lowest BCUT2D eigenvalue weighted by Crippen LogP contribution is -2.00. The molecule has 5 heteroatoms. The molecule has 4 nitrogen and oxygen atoms in total. The van der Waals surface area contributed by atoms with Gasteiger partial charge in [0.2, 0.25) is 0 Å². The van der Waals surface area contributed by atoms with Gasteiger partial charge in [-0.05, 0) is 25.0 Å². The molecule has 3 rings (SSSR count). The predicted molar refractivity (Wildman–Crippen MR) is 57.3 cm³/mol. The second-order valence-corrected chi connectivity index (χ2v) is 3.96. The maximum atomic E-state index is 13.6. The van der Waals surface area contributed by atoms with Gasteiger partial charge in [0.05, 0.1) is 29.5 Å². The average Bonchev–Trinajstić information content (AvgIpc) is 3.03. The highest BCUT2D eigenvalue weighted by atomic mass is 19.1. The van der Waals surface area contributed by atoms with Crippen LogP contribution in [0.1, 0.15) is 24.4 Å². The Morgan fingerprint density at radius 1 is 1.50 bits per heavy atom. The van der Waals surface area contributed by atoms with Crippen LogP contribution in [0.15, 0.2) is 23.5 Å². The van der Waals surface area contributed by atoms with Crippen molar-refractivity contribution >= 4 is 17.1 Å². The quantitative estimate of drug-likeness (QED) is 0.478. The molecule has 0 saturated heterocycles. The van der Waals surface area contributed by atoms with Crippen molar-refractivity contribution < 1.29 is 9.60 Å². The largest absolute Gasteiger partial charge is 0.411 e. The molecule has 0 spiro atoms. The van der Waals surface area contributed by atoms with Crippen molar-refractivity contribution in [1.29, 1.82) is 0 Å². The van der Waals surface area contributed by atoms with Crippen molar-refractivity contribution in [2.45, 2.75) is 18.9 Å². The highest BCUT2D eigenvalue weighted by Crippen LogP contribution is 2.37. The molecule has 82 valence electrons. The van der Waals surface area contributed by atoms with E-state index in [0.29, 0.717) is 17.1 Å². The molecule has 1 aromatic heterocycles. The van der Waals surface area contributed by atoms with Gasteiger partial charge < -0.3 is 5.21 Å². The third-order valence-electron chi connectivity index (χ3n) is 2.82. The zero-order chi connectivity index (χ0) is 11.1. The maximum Gasteiger partial charge on any atom is 0.134 e. The number of nitrogens with zero attached hydrogens (tertiary/aromatic N) is 3. The van der Waals surface area contributed by atoms with Crippen LogP contribution in [0.3, 0.4) is 0 Å². The summed E-state index contributed by atoms with van der Waals surface area (Å²) >= 11 is 0. The third kappa shape index (κ3) is 1.28. The van der Waals surface area contributed by atoms with Crippen LogP contribution >= 0.6 is 0 Å². The number of hydrogen-bond donors (Lipinski definition) is 1. The number of hydrogen-bond acceptors (Lipinski definition) is 3. The minimum absolute atomic E-state index is 0.296. The van der Waals surface area contributed by atoms with Gasteiger partial charge in [-0.2, -0.15) is 5.10 Å². The van der Waals surface area contributed by atoms with Crippen LogP contribution in [0.25, 0.3) is 10.9 Å². The standard InChI is InChI=1S/C11H10FN3O/c12-10-4-1-7-5-13-15(8-2-3-8)11(7)9(10)6-14-16/h1,4-6,8,16H,2-3H2. The number of oxime groups is 1. The van der Waals surface area contributed by atoms with E-state index in [1.165, 1.54) is 6.07 Å². The Bertz CT molecular complexity index is 572. The molecule has 1 heterocycles. The first kappa shape index (κ1) is 9.33. The molecular formula is C11H10FN3O. The molecule has 0 atom stereocenters. The molecule has 1 aliphatic carbocycles. The number of aromatic nitrogens is 2. The molecule has 2 aromatic rings. The summed E-state index contributed by atoms with van der Waals surface area (Å²) in [6, 6.07) is 3.41. The van der Waals surface area contributed by atoms with Crippen LogP contribution in [0.4, 0.5) is 4.39 Å². The Balaban J connectivity index is 2.33. The molecule has 1 aromatic carbocycles. The van der Waals surface area contributed by atoms with Gasteiger partial charge in [-0.25, -0.2) is 4.39 Å². The van der Waals surface area contributed by atoms with Gasteiger partial charge in [-0.1, -0.05) is 5.16 Å². The normalized spacial score (nSPS) is 16.3. The van der Waals surface area contributed by atoms with Gasteiger partial charge in [-0.15, -0.1) is 0 Å². The topological polar surface area (TPSA) is 50.4 Å². The Hall–Kier alpha value is -1.91. The highest BCUT2D eigenvalue weighted by molar-refractivity contribution is 5.97. The van der Waals surface area contributed by atoms with Crippen molar-refractivity contribution in [2.24, 2.45) is 5.16 Å². The Morgan fingerprint density at radius 2 is 2.31 bits per heavy atom. The Labute approximate surface area is 91.0 Å². The van der Waals surface area contributed by atoms with Crippen LogP contribution in [0, 0.1) is 5.82 Å². The molecule has 16 heavy (non-hydrogen) atoms. The lowest BCUT2D eigenvalue weighted by atomic mass is 10.1. The second kappa shape index (κ2) is 3.30.